The molecule has 1 saturated heterocycles. The molecule has 0 N–H and O–H groups in total. The molecule has 2 atom stereocenters. The van der Waals surface area contributed by atoms with Crippen molar-refractivity contribution in [3.05, 3.63) is 59.8 Å². The number of carbonyl (C=O) groups is 4. The third-order valence-electron chi connectivity index (χ3n) is 6.74. The summed E-state index contributed by atoms with van der Waals surface area (Å²) < 4.78 is 18.7. The summed E-state index contributed by atoms with van der Waals surface area (Å²) >= 11 is 0. The first kappa shape index (κ1) is 30.0. The van der Waals surface area contributed by atoms with Gasteiger partial charge in [0.1, 0.15) is 23.6 Å². The Morgan fingerprint density at radius 1 is 0.953 bits per heavy atom. The van der Waals surface area contributed by atoms with Crippen LogP contribution in [0, 0.1) is 0 Å². The molecule has 3 heterocycles. The Morgan fingerprint density at radius 2 is 1.60 bits per heavy atom. The number of hydrogen-bond acceptors (Lipinski definition) is 9. The van der Waals surface area contributed by atoms with E-state index in [1.165, 1.54) is 12.1 Å². The molecule has 2 aromatic carbocycles. The minimum absolute atomic E-state index is 0.00565. The zero-order chi connectivity index (χ0) is 31.1. The first-order chi connectivity index (χ1) is 20.2. The molecule has 43 heavy (non-hydrogen) atoms. The smallest absolute Gasteiger partial charge is 0.410 e. The second-order valence-corrected chi connectivity index (χ2v) is 12.6. The van der Waals surface area contributed by atoms with Gasteiger partial charge in [0.25, 0.3) is 11.8 Å². The summed E-state index contributed by atoms with van der Waals surface area (Å²) in [7, 11) is 0. The average Bonchev–Trinajstić information content (AvgIpc) is 3.62. The van der Waals surface area contributed by atoms with Gasteiger partial charge in [0, 0.05) is 24.7 Å². The van der Waals surface area contributed by atoms with Crippen LogP contribution in [-0.4, -0.2) is 80.6 Å². The Bertz CT molecular complexity index is 1530. The first-order valence-corrected chi connectivity index (χ1v) is 14.2. The molecule has 12 heteroatoms. The summed E-state index contributed by atoms with van der Waals surface area (Å²) in [5, 5.41) is 6.05. The van der Waals surface area contributed by atoms with E-state index < -0.39 is 35.1 Å². The highest BCUT2D eigenvalue weighted by atomic mass is 16.7. The molecule has 228 valence electrons. The topological polar surface area (TPSA) is 130 Å². The zero-order valence-electron chi connectivity index (χ0n) is 25.2. The summed E-state index contributed by atoms with van der Waals surface area (Å²) in [5.41, 5.74) is -0.294. The normalized spacial score (nSPS) is 17.8. The maximum atomic E-state index is 13.0. The number of hydrogen-bond donors (Lipinski definition) is 0. The lowest BCUT2D eigenvalue weighted by atomic mass is 10.1. The molecular weight excluding hydrogens is 556 g/mol. The number of benzene rings is 2. The molecule has 2 aliphatic heterocycles. The Kier molecular flexibility index (Phi) is 7.91. The van der Waals surface area contributed by atoms with Gasteiger partial charge in [-0.05, 0) is 78.3 Å². The molecular formula is C31H36N4O8. The fourth-order valence-corrected chi connectivity index (χ4v) is 4.82. The van der Waals surface area contributed by atoms with Crippen molar-refractivity contribution in [3.63, 3.8) is 0 Å². The minimum Gasteiger partial charge on any atom is -0.490 e. The number of rotatable bonds is 7. The molecule has 3 aromatic rings. The summed E-state index contributed by atoms with van der Waals surface area (Å²) in [5.74, 6) is -1.69. The lowest BCUT2D eigenvalue weighted by molar-refractivity contribution is -0.193. The van der Waals surface area contributed by atoms with Crippen LogP contribution in [0.25, 0.3) is 10.9 Å². The second kappa shape index (κ2) is 11.3. The van der Waals surface area contributed by atoms with E-state index in [0.717, 1.165) is 17.3 Å². The molecule has 0 radical (unpaired) electrons. The molecule has 1 unspecified atom stereocenters. The van der Waals surface area contributed by atoms with Crippen LogP contribution < -0.4 is 4.74 Å². The predicted molar refractivity (Wildman–Crippen MR) is 154 cm³/mol. The van der Waals surface area contributed by atoms with Crippen molar-refractivity contribution >= 4 is 34.8 Å². The van der Waals surface area contributed by atoms with Crippen LogP contribution in [0.2, 0.25) is 0 Å². The Balaban J connectivity index is 1.28. The number of imide groups is 1. The molecule has 0 bridgehead atoms. The number of hydroxylamine groups is 2. The number of nitrogens with zero attached hydrogens (tertiary/aromatic N) is 4. The van der Waals surface area contributed by atoms with Crippen LogP contribution in [0.3, 0.4) is 0 Å². The minimum atomic E-state index is -1.41. The fraction of sp³-hybridized carbons (Fsp3) is 0.452. The largest absolute Gasteiger partial charge is 0.490 e. The van der Waals surface area contributed by atoms with Gasteiger partial charge >= 0.3 is 12.1 Å². The van der Waals surface area contributed by atoms with Gasteiger partial charge in [0.15, 0.2) is 0 Å². The van der Waals surface area contributed by atoms with E-state index in [4.69, 9.17) is 19.0 Å². The fourth-order valence-electron chi connectivity index (χ4n) is 4.82. The van der Waals surface area contributed by atoms with Gasteiger partial charge in [-0.15, -0.1) is 5.06 Å². The molecule has 5 rings (SSSR count). The standard InChI is InChI=1S/C31H36N4O8/c1-30(2,3)41-28(38)25(43-35-26(36)22-9-7-8-10-23(22)27(35)37)18-40-21-11-12-24-19(15-21)16-34(32-24)20-13-14-33(17-20)29(39)42-31(4,5)6/h7-12,15-16,20,25H,13-14,17-18H2,1-6H3/t20?,25-/m0/s1. The quantitative estimate of drug-likeness (QED) is 0.287. The van der Waals surface area contributed by atoms with Gasteiger partial charge in [0.05, 0.1) is 22.7 Å². The summed E-state index contributed by atoms with van der Waals surface area (Å²) in [6.45, 7) is 11.4. The number of aromatic nitrogens is 2. The molecule has 0 spiro atoms. The number of ether oxygens (including phenoxy) is 3. The summed E-state index contributed by atoms with van der Waals surface area (Å²) in [4.78, 5) is 58.5. The van der Waals surface area contributed by atoms with Crippen molar-refractivity contribution in [2.45, 2.75) is 71.3 Å². The van der Waals surface area contributed by atoms with Crippen molar-refractivity contribution in [2.75, 3.05) is 19.7 Å². The average molecular weight is 593 g/mol. The van der Waals surface area contributed by atoms with E-state index in [1.54, 1.807) is 56.0 Å². The van der Waals surface area contributed by atoms with Crippen molar-refractivity contribution in [3.8, 4) is 5.75 Å². The maximum absolute atomic E-state index is 13.0. The number of esters is 1. The number of amides is 3. The second-order valence-electron chi connectivity index (χ2n) is 12.6. The first-order valence-electron chi connectivity index (χ1n) is 14.2. The van der Waals surface area contributed by atoms with Gasteiger partial charge in [0.2, 0.25) is 6.10 Å². The SMILES string of the molecule is CC(C)(C)OC(=O)[C@H](COc1ccc2nn(C3CCN(C(=O)OC(C)(C)C)C3)cc2c1)ON1C(=O)c2ccccc2C1=O. The third-order valence-corrected chi connectivity index (χ3v) is 6.74. The van der Waals surface area contributed by atoms with Crippen molar-refractivity contribution < 1.29 is 38.2 Å². The van der Waals surface area contributed by atoms with E-state index >= 15 is 0 Å². The van der Waals surface area contributed by atoms with Crippen molar-refractivity contribution in [1.82, 2.24) is 19.7 Å². The lowest BCUT2D eigenvalue weighted by Gasteiger charge is -2.26. The van der Waals surface area contributed by atoms with Crippen molar-refractivity contribution in [2.24, 2.45) is 0 Å². The van der Waals surface area contributed by atoms with Crippen LogP contribution in [0.4, 0.5) is 4.79 Å². The van der Waals surface area contributed by atoms with Gasteiger partial charge in [-0.2, -0.15) is 5.10 Å². The zero-order valence-corrected chi connectivity index (χ0v) is 25.2. The highest BCUT2D eigenvalue weighted by Gasteiger charge is 2.41. The Hall–Kier alpha value is -4.45. The molecule has 0 aliphatic carbocycles. The van der Waals surface area contributed by atoms with Crippen LogP contribution in [-0.2, 0) is 19.1 Å². The van der Waals surface area contributed by atoms with Gasteiger partial charge in [-0.25, -0.2) is 14.4 Å². The van der Waals surface area contributed by atoms with Crippen LogP contribution in [0.5, 0.6) is 5.75 Å². The van der Waals surface area contributed by atoms with Gasteiger partial charge in [-0.1, -0.05) is 12.1 Å². The summed E-state index contributed by atoms with van der Waals surface area (Å²) in [6, 6.07) is 11.6. The van der Waals surface area contributed by atoms with E-state index in [2.05, 4.69) is 5.10 Å². The lowest BCUT2D eigenvalue weighted by Crippen LogP contribution is -2.43. The predicted octanol–water partition coefficient (Wildman–Crippen LogP) is 4.54. The van der Waals surface area contributed by atoms with Crippen LogP contribution in [0.15, 0.2) is 48.7 Å². The molecule has 0 saturated carbocycles. The number of fused-ring (bicyclic) bond motifs is 2. The maximum Gasteiger partial charge on any atom is 0.410 e. The highest BCUT2D eigenvalue weighted by Crippen LogP contribution is 2.28. The van der Waals surface area contributed by atoms with E-state index in [9.17, 15) is 19.2 Å². The van der Waals surface area contributed by atoms with E-state index in [0.29, 0.717) is 23.9 Å². The monoisotopic (exact) mass is 592 g/mol. The summed E-state index contributed by atoms with van der Waals surface area (Å²) in [6.07, 6.45) is 0.873. The molecule has 12 nitrogen and oxygen atoms in total. The van der Waals surface area contributed by atoms with Crippen LogP contribution in [0.1, 0.15) is 74.7 Å². The van der Waals surface area contributed by atoms with Gasteiger partial charge in [-0.3, -0.25) is 14.3 Å². The molecule has 1 fully saturated rings. The molecule has 3 amide bonds. The van der Waals surface area contributed by atoms with Crippen molar-refractivity contribution in [1.29, 1.82) is 0 Å². The van der Waals surface area contributed by atoms with Crippen LogP contribution >= 0.6 is 0 Å². The molecule has 1 aromatic heterocycles. The third kappa shape index (κ3) is 6.80. The molecule has 2 aliphatic rings. The Morgan fingerprint density at radius 3 is 2.23 bits per heavy atom. The van der Waals surface area contributed by atoms with E-state index in [-0.39, 0.29) is 29.9 Å². The number of carbonyl (C=O) groups excluding carboxylic acids is 4. The highest BCUT2D eigenvalue weighted by molar-refractivity contribution is 6.20. The Labute approximate surface area is 249 Å². The number of likely N-dealkylation sites (tertiary alicyclic amines) is 1. The van der Waals surface area contributed by atoms with E-state index in [1.807, 2.05) is 31.6 Å². The van der Waals surface area contributed by atoms with Gasteiger partial charge < -0.3 is 19.1 Å².